The van der Waals surface area contributed by atoms with E-state index in [-0.39, 0.29) is 18.5 Å². The van der Waals surface area contributed by atoms with Crippen molar-refractivity contribution in [1.82, 2.24) is 16.0 Å². The maximum Gasteiger partial charge on any atom is 0.321 e. The summed E-state index contributed by atoms with van der Waals surface area (Å²) in [4.78, 5) is 22.8. The van der Waals surface area contributed by atoms with Crippen LogP contribution in [0.15, 0.2) is 24.3 Å². The van der Waals surface area contributed by atoms with Crippen LogP contribution in [0, 0.1) is 5.92 Å². The second-order valence-electron chi connectivity index (χ2n) is 5.72. The molecule has 1 atom stereocenters. The zero-order chi connectivity index (χ0) is 16.5. The zero-order valence-corrected chi connectivity index (χ0v) is 13.9. The number of urea groups is 1. The second-order valence-corrected chi connectivity index (χ2v) is 5.72. The average molecular weight is 305 g/mol. The summed E-state index contributed by atoms with van der Waals surface area (Å²) in [5.74, 6) is -0.00238. The van der Waals surface area contributed by atoms with E-state index in [0.717, 1.165) is 18.4 Å². The van der Waals surface area contributed by atoms with E-state index in [1.165, 1.54) is 12.6 Å². The molecule has 0 aromatic heterocycles. The summed E-state index contributed by atoms with van der Waals surface area (Å²) in [6.45, 7) is 6.48. The van der Waals surface area contributed by atoms with Gasteiger partial charge in [0.2, 0.25) is 5.91 Å². The summed E-state index contributed by atoms with van der Waals surface area (Å²) in [6.07, 6.45) is 2.21. The Labute approximate surface area is 132 Å². The van der Waals surface area contributed by atoms with Crippen LogP contribution in [0.5, 0.6) is 0 Å². The van der Waals surface area contributed by atoms with Gasteiger partial charge in [0.25, 0.3) is 0 Å². The highest BCUT2D eigenvalue weighted by Gasteiger charge is 2.17. The molecule has 0 unspecified atom stereocenters. The van der Waals surface area contributed by atoms with Crippen molar-refractivity contribution in [2.75, 3.05) is 13.6 Å². The lowest BCUT2D eigenvalue weighted by atomic mass is 9.94. The molecule has 0 aliphatic rings. The van der Waals surface area contributed by atoms with Crippen molar-refractivity contribution in [3.63, 3.8) is 0 Å². The first-order chi connectivity index (χ1) is 10.5. The van der Waals surface area contributed by atoms with Gasteiger partial charge in [-0.05, 0) is 23.5 Å². The van der Waals surface area contributed by atoms with Gasteiger partial charge in [-0.2, -0.15) is 0 Å². The monoisotopic (exact) mass is 305 g/mol. The molecule has 0 aliphatic carbocycles. The number of rotatable bonds is 7. The Morgan fingerprint density at radius 3 is 2.27 bits per heavy atom. The topological polar surface area (TPSA) is 70.2 Å². The fourth-order valence-electron chi connectivity index (χ4n) is 2.35. The number of hydrogen-bond acceptors (Lipinski definition) is 3. The normalized spacial score (nSPS) is 12.0. The zero-order valence-electron chi connectivity index (χ0n) is 13.9. The largest absolute Gasteiger partial charge is 0.341 e. The van der Waals surface area contributed by atoms with Gasteiger partial charge in [0.05, 0.1) is 6.54 Å². The molecule has 0 fully saturated rings. The predicted octanol–water partition coefficient (Wildman–Crippen LogP) is 2.38. The summed E-state index contributed by atoms with van der Waals surface area (Å²) < 4.78 is 0. The Morgan fingerprint density at radius 2 is 1.77 bits per heavy atom. The Morgan fingerprint density at radius 1 is 1.14 bits per heavy atom. The van der Waals surface area contributed by atoms with E-state index in [1.807, 2.05) is 0 Å². The summed E-state index contributed by atoms with van der Waals surface area (Å²) >= 11 is 0. The van der Waals surface area contributed by atoms with Crippen LogP contribution >= 0.6 is 0 Å². The molecule has 0 aliphatic heterocycles. The van der Waals surface area contributed by atoms with Crippen LogP contribution in [0.1, 0.15) is 44.4 Å². The minimum atomic E-state index is -0.489. The van der Waals surface area contributed by atoms with Crippen LogP contribution in [0.25, 0.3) is 0 Å². The van der Waals surface area contributed by atoms with Crippen LogP contribution in [0.3, 0.4) is 0 Å². The number of hydrogen-bond donors (Lipinski definition) is 3. The number of aryl methyl sites for hydroxylation is 1. The maximum atomic E-state index is 11.7. The first-order valence-electron chi connectivity index (χ1n) is 7.81. The highest BCUT2D eigenvalue weighted by Crippen LogP contribution is 2.22. The quantitative estimate of drug-likeness (QED) is 0.724. The number of carbonyl (C=O) groups is 2. The van der Waals surface area contributed by atoms with E-state index < -0.39 is 6.03 Å². The number of carbonyl (C=O) groups excluding carboxylic acids is 2. The average Bonchev–Trinajstić information content (AvgIpc) is 2.48. The maximum absolute atomic E-state index is 11.7. The van der Waals surface area contributed by atoms with Gasteiger partial charge in [-0.1, -0.05) is 51.5 Å². The van der Waals surface area contributed by atoms with Gasteiger partial charge in [-0.15, -0.1) is 0 Å². The molecule has 0 saturated carbocycles. The molecule has 0 radical (unpaired) electrons. The molecule has 3 amide bonds. The van der Waals surface area contributed by atoms with Crippen molar-refractivity contribution >= 4 is 11.9 Å². The second kappa shape index (κ2) is 9.20. The van der Waals surface area contributed by atoms with Crippen molar-refractivity contribution in [3.05, 3.63) is 35.4 Å². The van der Waals surface area contributed by atoms with Crippen LogP contribution in [0.4, 0.5) is 4.79 Å². The highest BCUT2D eigenvalue weighted by atomic mass is 16.2. The van der Waals surface area contributed by atoms with Crippen molar-refractivity contribution < 1.29 is 9.59 Å². The number of benzene rings is 1. The molecular weight excluding hydrogens is 278 g/mol. The Bertz CT molecular complexity index is 483. The SMILES string of the molecule is CCCc1ccc([C@@H](NCC(=O)NC(=O)NC)C(C)C)cc1. The van der Waals surface area contributed by atoms with Crippen LogP contribution in [-0.4, -0.2) is 25.5 Å². The standard InChI is InChI=1S/C17H27N3O2/c1-5-6-13-7-9-14(10-8-13)16(12(2)3)19-11-15(21)20-17(22)18-4/h7-10,12,16,19H,5-6,11H2,1-4H3,(H2,18,20,21,22)/t16-/m0/s1. The van der Waals surface area contributed by atoms with Crippen molar-refractivity contribution in [2.45, 2.75) is 39.7 Å². The lowest BCUT2D eigenvalue weighted by Gasteiger charge is -2.23. The number of amides is 3. The Balaban J connectivity index is 2.65. The molecule has 0 bridgehead atoms. The molecule has 1 aromatic rings. The molecule has 0 spiro atoms. The Hall–Kier alpha value is -1.88. The highest BCUT2D eigenvalue weighted by molar-refractivity contribution is 5.95. The first-order valence-corrected chi connectivity index (χ1v) is 7.81. The van der Waals surface area contributed by atoms with Gasteiger partial charge in [0, 0.05) is 13.1 Å². The number of nitrogens with one attached hydrogen (secondary N) is 3. The van der Waals surface area contributed by atoms with Crippen LogP contribution in [-0.2, 0) is 11.2 Å². The molecule has 0 saturated heterocycles. The number of imide groups is 1. The molecule has 5 nitrogen and oxygen atoms in total. The fourth-order valence-corrected chi connectivity index (χ4v) is 2.35. The lowest BCUT2D eigenvalue weighted by molar-refractivity contribution is -0.119. The van der Waals surface area contributed by atoms with E-state index in [1.54, 1.807) is 0 Å². The van der Waals surface area contributed by atoms with Gasteiger partial charge in [-0.25, -0.2) is 4.79 Å². The molecule has 5 heteroatoms. The third-order valence-electron chi connectivity index (χ3n) is 3.51. The van der Waals surface area contributed by atoms with E-state index in [4.69, 9.17) is 0 Å². The molecule has 3 N–H and O–H groups in total. The van der Waals surface area contributed by atoms with Crippen LogP contribution in [0.2, 0.25) is 0 Å². The molecule has 1 rings (SSSR count). The van der Waals surface area contributed by atoms with Gasteiger partial charge >= 0.3 is 6.03 Å². The van der Waals surface area contributed by atoms with E-state index in [9.17, 15) is 9.59 Å². The van der Waals surface area contributed by atoms with Gasteiger partial charge in [0.1, 0.15) is 0 Å². The fraction of sp³-hybridized carbons (Fsp3) is 0.529. The molecule has 22 heavy (non-hydrogen) atoms. The summed E-state index contributed by atoms with van der Waals surface area (Å²) in [7, 11) is 1.48. The van der Waals surface area contributed by atoms with Gasteiger partial charge in [0.15, 0.2) is 0 Å². The van der Waals surface area contributed by atoms with Gasteiger partial charge < -0.3 is 10.6 Å². The third kappa shape index (κ3) is 5.85. The minimum Gasteiger partial charge on any atom is -0.341 e. The summed E-state index contributed by atoms with van der Waals surface area (Å²) in [6, 6.07) is 8.09. The van der Waals surface area contributed by atoms with Gasteiger partial charge in [-0.3, -0.25) is 10.1 Å². The minimum absolute atomic E-state index is 0.0751. The first kappa shape index (κ1) is 18.2. The van der Waals surface area contributed by atoms with E-state index in [0.29, 0.717) is 5.92 Å². The molecule has 122 valence electrons. The van der Waals surface area contributed by atoms with E-state index in [2.05, 4.69) is 61.0 Å². The third-order valence-corrected chi connectivity index (χ3v) is 3.51. The predicted molar refractivity (Wildman–Crippen MR) is 88.6 cm³/mol. The van der Waals surface area contributed by atoms with Crippen LogP contribution < -0.4 is 16.0 Å². The molecule has 1 aromatic carbocycles. The van der Waals surface area contributed by atoms with Crippen molar-refractivity contribution in [1.29, 1.82) is 0 Å². The summed E-state index contributed by atoms with van der Waals surface area (Å²) in [5, 5.41) is 7.83. The lowest BCUT2D eigenvalue weighted by Crippen LogP contribution is -2.43. The van der Waals surface area contributed by atoms with Crippen molar-refractivity contribution in [3.8, 4) is 0 Å². The van der Waals surface area contributed by atoms with Crippen molar-refractivity contribution in [2.24, 2.45) is 5.92 Å². The Kier molecular flexibility index (Phi) is 7.60. The molecular formula is C17H27N3O2. The smallest absolute Gasteiger partial charge is 0.321 e. The molecule has 0 heterocycles. The summed E-state index contributed by atoms with van der Waals surface area (Å²) in [5.41, 5.74) is 2.48. The van der Waals surface area contributed by atoms with E-state index >= 15 is 0 Å².